The van der Waals surface area contributed by atoms with Gasteiger partial charge in [-0.2, -0.15) is 0 Å². The van der Waals surface area contributed by atoms with Crippen LogP contribution in [0.1, 0.15) is 22.6 Å². The maximum atomic E-state index is 12.4. The van der Waals surface area contributed by atoms with E-state index in [0.717, 1.165) is 22.3 Å². The van der Waals surface area contributed by atoms with Crippen LogP contribution in [0.3, 0.4) is 0 Å². The van der Waals surface area contributed by atoms with Gasteiger partial charge in [0.25, 0.3) is 0 Å². The summed E-state index contributed by atoms with van der Waals surface area (Å²) in [4.78, 5) is 12.4. The van der Waals surface area contributed by atoms with Crippen LogP contribution < -0.4 is 5.32 Å². The van der Waals surface area contributed by atoms with E-state index in [1.165, 1.54) is 0 Å². The monoisotopic (exact) mass is 413 g/mol. The van der Waals surface area contributed by atoms with E-state index < -0.39 is 6.09 Å². The van der Waals surface area contributed by atoms with Gasteiger partial charge >= 0.3 is 6.09 Å². The molecule has 4 rings (SSSR count). The summed E-state index contributed by atoms with van der Waals surface area (Å²) in [5.74, 6) is -0.0368. The van der Waals surface area contributed by atoms with Gasteiger partial charge in [0, 0.05) is 16.5 Å². The maximum Gasteiger partial charge on any atom is 0.411 e. The van der Waals surface area contributed by atoms with Crippen LogP contribution in [0.25, 0.3) is 11.1 Å². The van der Waals surface area contributed by atoms with Crippen molar-refractivity contribution in [1.82, 2.24) is 0 Å². The van der Waals surface area contributed by atoms with E-state index in [2.05, 4.69) is 29.6 Å². The Kier molecular flexibility index (Phi) is 5.27. The fraction of sp³-hybridized carbons (Fsp3) is 0.136. The predicted molar refractivity (Wildman–Crippen MR) is 111 cm³/mol. The Morgan fingerprint density at radius 1 is 0.929 bits per heavy atom. The minimum atomic E-state index is -0.652. The number of amides is 1. The number of halogens is 2. The van der Waals surface area contributed by atoms with Gasteiger partial charge in [0.15, 0.2) is 0 Å². The zero-order valence-electron chi connectivity index (χ0n) is 14.8. The third kappa shape index (κ3) is 3.35. The Hall–Kier alpha value is -2.53. The van der Waals surface area contributed by atoms with E-state index in [1.807, 2.05) is 24.3 Å². The third-order valence-electron chi connectivity index (χ3n) is 4.93. The molecular weight excluding hydrogens is 397 g/mol. The van der Waals surface area contributed by atoms with Crippen LogP contribution in [0.2, 0.25) is 10.0 Å². The second-order valence-electron chi connectivity index (χ2n) is 6.49. The summed E-state index contributed by atoms with van der Waals surface area (Å²) in [5.41, 5.74) is 5.19. The molecule has 3 aromatic rings. The zero-order valence-corrected chi connectivity index (χ0v) is 16.3. The Bertz CT molecular complexity index is 1010. The molecule has 0 aliphatic heterocycles. The first-order chi connectivity index (χ1) is 13.6. The lowest BCUT2D eigenvalue weighted by molar-refractivity contribution is 0.158. The number of hydrogen-bond donors (Lipinski definition) is 2. The molecule has 1 aliphatic rings. The van der Waals surface area contributed by atoms with Gasteiger partial charge in [0.1, 0.15) is 6.61 Å². The molecule has 142 valence electrons. The minimum Gasteiger partial charge on any atom is -0.448 e. The molecule has 0 atom stereocenters. The molecule has 0 fully saturated rings. The molecule has 2 N–H and O–H groups in total. The number of carbonyl (C=O) groups is 1. The fourth-order valence-electron chi connectivity index (χ4n) is 3.62. The topological polar surface area (TPSA) is 58.6 Å². The number of rotatable bonds is 4. The van der Waals surface area contributed by atoms with Crippen molar-refractivity contribution in [2.24, 2.45) is 0 Å². The highest BCUT2D eigenvalue weighted by molar-refractivity contribution is 6.36. The lowest BCUT2D eigenvalue weighted by Crippen LogP contribution is -2.19. The number of fused-ring (bicyclic) bond motifs is 3. The number of aliphatic hydroxyl groups is 1. The normalized spacial score (nSPS) is 12.4. The van der Waals surface area contributed by atoms with E-state index in [9.17, 15) is 9.90 Å². The summed E-state index contributed by atoms with van der Waals surface area (Å²) in [7, 11) is 0. The summed E-state index contributed by atoms with van der Waals surface area (Å²) < 4.78 is 5.50. The average Bonchev–Trinajstić information content (AvgIpc) is 3.03. The molecule has 0 aromatic heterocycles. The number of carbonyl (C=O) groups excluding carboxylic acids is 1. The summed E-state index contributed by atoms with van der Waals surface area (Å²) >= 11 is 12.2. The van der Waals surface area contributed by atoms with Crippen molar-refractivity contribution in [3.63, 3.8) is 0 Å². The zero-order chi connectivity index (χ0) is 19.7. The van der Waals surface area contributed by atoms with Crippen LogP contribution >= 0.6 is 23.2 Å². The SMILES string of the molecule is O=C(Nc1c(Cl)ccc(Cl)c1CO)OCC1c2ccccc2-c2ccccc21. The van der Waals surface area contributed by atoms with Crippen molar-refractivity contribution in [1.29, 1.82) is 0 Å². The first-order valence-electron chi connectivity index (χ1n) is 8.80. The quantitative estimate of drug-likeness (QED) is 0.563. The van der Waals surface area contributed by atoms with Gasteiger partial charge in [-0.3, -0.25) is 5.32 Å². The molecule has 0 saturated heterocycles. The lowest BCUT2D eigenvalue weighted by atomic mass is 9.98. The van der Waals surface area contributed by atoms with E-state index in [0.29, 0.717) is 10.6 Å². The molecular formula is C22H17Cl2NO3. The molecule has 0 unspecified atom stereocenters. The summed E-state index contributed by atoms with van der Waals surface area (Å²) in [6, 6.07) is 19.4. The first-order valence-corrected chi connectivity index (χ1v) is 9.55. The van der Waals surface area contributed by atoms with E-state index in [1.54, 1.807) is 12.1 Å². The molecule has 3 aromatic carbocycles. The van der Waals surface area contributed by atoms with Gasteiger partial charge < -0.3 is 9.84 Å². The Morgan fingerprint density at radius 3 is 2.11 bits per heavy atom. The largest absolute Gasteiger partial charge is 0.448 e. The van der Waals surface area contributed by atoms with Crippen molar-refractivity contribution >= 4 is 35.0 Å². The Balaban J connectivity index is 1.53. The second-order valence-corrected chi connectivity index (χ2v) is 7.31. The number of benzene rings is 3. The summed E-state index contributed by atoms with van der Waals surface area (Å²) in [6.07, 6.45) is -0.652. The molecule has 0 bridgehead atoms. The van der Waals surface area contributed by atoms with Crippen molar-refractivity contribution in [2.45, 2.75) is 12.5 Å². The third-order valence-corrected chi connectivity index (χ3v) is 5.60. The molecule has 0 radical (unpaired) electrons. The highest BCUT2D eigenvalue weighted by Crippen LogP contribution is 2.44. The molecule has 0 spiro atoms. The number of hydrogen-bond acceptors (Lipinski definition) is 3. The predicted octanol–water partition coefficient (Wildman–Crippen LogP) is 5.85. The second kappa shape index (κ2) is 7.84. The van der Waals surface area contributed by atoms with E-state index in [-0.39, 0.29) is 29.8 Å². The smallest absolute Gasteiger partial charge is 0.411 e. The van der Waals surface area contributed by atoms with E-state index >= 15 is 0 Å². The molecule has 0 heterocycles. The summed E-state index contributed by atoms with van der Waals surface area (Å²) in [6.45, 7) is -0.162. The van der Waals surface area contributed by atoms with Gasteiger partial charge in [-0.15, -0.1) is 0 Å². The van der Waals surface area contributed by atoms with Gasteiger partial charge in [0.05, 0.1) is 17.3 Å². The summed E-state index contributed by atoms with van der Waals surface area (Å²) in [5, 5.41) is 12.7. The Labute approximate surface area is 172 Å². The van der Waals surface area contributed by atoms with Gasteiger partial charge in [0.2, 0.25) is 0 Å². The maximum absolute atomic E-state index is 12.4. The minimum absolute atomic E-state index is 0.0368. The van der Waals surface area contributed by atoms with Crippen LogP contribution in [-0.4, -0.2) is 17.8 Å². The highest BCUT2D eigenvalue weighted by Gasteiger charge is 2.29. The molecule has 6 heteroatoms. The van der Waals surface area contributed by atoms with Gasteiger partial charge in [-0.25, -0.2) is 4.79 Å². The Morgan fingerprint density at radius 2 is 1.50 bits per heavy atom. The van der Waals surface area contributed by atoms with Gasteiger partial charge in [-0.1, -0.05) is 71.7 Å². The number of ether oxygens (including phenoxy) is 1. The first kappa shape index (κ1) is 18.8. The van der Waals surface area contributed by atoms with Crippen LogP contribution in [0, 0.1) is 0 Å². The number of aliphatic hydroxyl groups excluding tert-OH is 1. The van der Waals surface area contributed by atoms with Crippen LogP contribution in [0.15, 0.2) is 60.7 Å². The van der Waals surface area contributed by atoms with Crippen molar-refractivity contribution in [3.05, 3.63) is 87.4 Å². The fourth-order valence-corrected chi connectivity index (χ4v) is 4.06. The average molecular weight is 414 g/mol. The standard InChI is InChI=1S/C22H17Cl2NO3/c23-19-9-10-20(24)21(17(19)11-26)25-22(27)28-12-18-15-7-3-1-5-13(15)14-6-2-4-8-16(14)18/h1-10,18,26H,11-12H2,(H,25,27). The van der Waals surface area contributed by atoms with Gasteiger partial charge in [-0.05, 0) is 34.4 Å². The molecule has 1 aliphatic carbocycles. The van der Waals surface area contributed by atoms with Crippen LogP contribution in [-0.2, 0) is 11.3 Å². The van der Waals surface area contributed by atoms with Crippen LogP contribution in [0.5, 0.6) is 0 Å². The lowest BCUT2D eigenvalue weighted by Gasteiger charge is -2.16. The number of anilines is 1. The molecule has 0 saturated carbocycles. The molecule has 4 nitrogen and oxygen atoms in total. The molecule has 1 amide bonds. The van der Waals surface area contributed by atoms with E-state index in [4.69, 9.17) is 27.9 Å². The molecule has 28 heavy (non-hydrogen) atoms. The van der Waals surface area contributed by atoms with Crippen LogP contribution in [0.4, 0.5) is 10.5 Å². The van der Waals surface area contributed by atoms with Crippen molar-refractivity contribution in [3.8, 4) is 11.1 Å². The van der Waals surface area contributed by atoms with Crippen molar-refractivity contribution < 1.29 is 14.6 Å². The number of nitrogens with one attached hydrogen (secondary N) is 1. The van der Waals surface area contributed by atoms with Crippen molar-refractivity contribution in [2.75, 3.05) is 11.9 Å². The highest BCUT2D eigenvalue weighted by atomic mass is 35.5.